The molecule has 1 heterocycles. The lowest BCUT2D eigenvalue weighted by Crippen LogP contribution is -2.32. The summed E-state index contributed by atoms with van der Waals surface area (Å²) >= 11 is 6.16. The van der Waals surface area contributed by atoms with Crippen molar-refractivity contribution in [2.24, 2.45) is 5.92 Å². The first-order chi connectivity index (χ1) is 13.0. The molecular formula is C20H20ClN3O3. The molecule has 140 valence electrons. The van der Waals surface area contributed by atoms with Crippen molar-refractivity contribution in [1.82, 2.24) is 10.6 Å². The zero-order chi connectivity index (χ0) is 19.4. The lowest BCUT2D eigenvalue weighted by molar-refractivity contribution is -0.126. The number of amides is 3. The number of hydrogen-bond acceptors (Lipinski definition) is 3. The molecule has 3 rings (SSSR count). The maximum atomic E-state index is 12.5. The largest absolute Gasteiger partial charge is 0.355 e. The summed E-state index contributed by atoms with van der Waals surface area (Å²) in [5.74, 6) is -0.861. The number of rotatable bonds is 5. The molecule has 2 aromatic carbocycles. The lowest BCUT2D eigenvalue weighted by Gasteiger charge is -2.18. The number of anilines is 1. The second kappa shape index (κ2) is 8.22. The molecule has 1 aliphatic heterocycles. The number of benzene rings is 2. The third-order valence-corrected chi connectivity index (χ3v) is 4.87. The minimum Gasteiger partial charge on any atom is -0.355 e. The summed E-state index contributed by atoms with van der Waals surface area (Å²) < 4.78 is 0. The summed E-state index contributed by atoms with van der Waals surface area (Å²) in [4.78, 5) is 37.9. The molecule has 3 amide bonds. The van der Waals surface area contributed by atoms with Gasteiger partial charge in [-0.15, -0.1) is 0 Å². The summed E-state index contributed by atoms with van der Waals surface area (Å²) in [6, 6.07) is 14.1. The van der Waals surface area contributed by atoms with Crippen LogP contribution in [0.15, 0.2) is 48.5 Å². The van der Waals surface area contributed by atoms with Crippen LogP contribution in [0.5, 0.6) is 0 Å². The molecule has 1 unspecified atom stereocenters. The fraction of sp³-hybridized carbons (Fsp3) is 0.250. The Morgan fingerprint density at radius 1 is 1.15 bits per heavy atom. The Bertz CT molecular complexity index is 867. The van der Waals surface area contributed by atoms with E-state index in [9.17, 15) is 14.4 Å². The van der Waals surface area contributed by atoms with Crippen LogP contribution in [0, 0.1) is 5.92 Å². The molecule has 0 radical (unpaired) electrons. The minimum absolute atomic E-state index is 0.113. The average Bonchev–Trinajstić information content (AvgIpc) is 3.08. The van der Waals surface area contributed by atoms with Crippen LogP contribution in [0.4, 0.5) is 5.69 Å². The number of halogens is 1. The van der Waals surface area contributed by atoms with Gasteiger partial charge in [-0.2, -0.15) is 0 Å². The number of carbonyl (C=O) groups is 3. The molecule has 1 saturated heterocycles. The van der Waals surface area contributed by atoms with Gasteiger partial charge in [0.1, 0.15) is 0 Å². The molecule has 0 bridgehead atoms. The molecule has 0 aromatic heterocycles. The van der Waals surface area contributed by atoms with Crippen LogP contribution in [0.2, 0.25) is 5.02 Å². The average molecular weight is 386 g/mol. The van der Waals surface area contributed by atoms with Crippen molar-refractivity contribution in [2.75, 3.05) is 18.5 Å². The first-order valence-electron chi connectivity index (χ1n) is 8.63. The first-order valence-corrected chi connectivity index (χ1v) is 9.01. The Labute approximate surface area is 162 Å². The van der Waals surface area contributed by atoms with Gasteiger partial charge in [-0.1, -0.05) is 35.9 Å². The van der Waals surface area contributed by atoms with Crippen molar-refractivity contribution >= 4 is 35.0 Å². The molecule has 0 saturated carbocycles. The van der Waals surface area contributed by atoms with Crippen molar-refractivity contribution < 1.29 is 14.4 Å². The maximum absolute atomic E-state index is 12.5. The third kappa shape index (κ3) is 4.28. The predicted octanol–water partition coefficient (Wildman–Crippen LogP) is 2.37. The molecule has 1 atom stereocenters. The third-order valence-electron chi connectivity index (χ3n) is 4.55. The van der Waals surface area contributed by atoms with Gasteiger partial charge in [0, 0.05) is 32.1 Å². The van der Waals surface area contributed by atoms with Gasteiger partial charge in [-0.25, -0.2) is 0 Å². The van der Waals surface area contributed by atoms with Crippen molar-refractivity contribution in [3.8, 4) is 0 Å². The minimum atomic E-state index is -0.418. The van der Waals surface area contributed by atoms with E-state index in [0.717, 1.165) is 5.56 Å². The lowest BCUT2D eigenvalue weighted by atomic mass is 10.1. The van der Waals surface area contributed by atoms with Crippen LogP contribution in [0.3, 0.4) is 0 Å². The smallest absolute Gasteiger partial charge is 0.251 e. The summed E-state index contributed by atoms with van der Waals surface area (Å²) in [5.41, 5.74) is 2.07. The first kappa shape index (κ1) is 18.9. The van der Waals surface area contributed by atoms with Gasteiger partial charge in [0.15, 0.2) is 0 Å². The standard InChI is InChI=1S/C20H20ClN3O3/c1-22-19(26)14-8-6-13(7-9-14)11-23-20(27)15-10-18(25)24(12-15)17-5-3-2-4-16(17)21/h2-9,15H,10-12H2,1H3,(H,22,26)(H,23,27). The summed E-state index contributed by atoms with van der Waals surface area (Å²) in [5, 5.41) is 5.91. The summed E-state index contributed by atoms with van der Waals surface area (Å²) in [7, 11) is 1.57. The molecule has 0 spiro atoms. The second-order valence-corrected chi connectivity index (χ2v) is 6.76. The van der Waals surface area contributed by atoms with Crippen LogP contribution < -0.4 is 15.5 Å². The topological polar surface area (TPSA) is 78.5 Å². The van der Waals surface area contributed by atoms with E-state index in [0.29, 0.717) is 29.4 Å². The molecule has 6 nitrogen and oxygen atoms in total. The van der Waals surface area contributed by atoms with E-state index in [4.69, 9.17) is 11.6 Å². The highest BCUT2D eigenvalue weighted by Gasteiger charge is 2.35. The van der Waals surface area contributed by atoms with Gasteiger partial charge in [0.25, 0.3) is 5.91 Å². The molecule has 2 N–H and O–H groups in total. The molecule has 7 heteroatoms. The van der Waals surface area contributed by atoms with Gasteiger partial charge in [0.2, 0.25) is 11.8 Å². The van der Waals surface area contributed by atoms with E-state index in [1.54, 1.807) is 54.4 Å². The van der Waals surface area contributed by atoms with Gasteiger partial charge in [-0.3, -0.25) is 14.4 Å². The Balaban J connectivity index is 1.58. The van der Waals surface area contributed by atoms with E-state index >= 15 is 0 Å². The van der Waals surface area contributed by atoms with Crippen molar-refractivity contribution in [3.63, 3.8) is 0 Å². The number of para-hydroxylation sites is 1. The highest BCUT2D eigenvalue weighted by Crippen LogP contribution is 2.31. The van der Waals surface area contributed by atoms with E-state index in [-0.39, 0.29) is 24.1 Å². The van der Waals surface area contributed by atoms with Crippen LogP contribution in [-0.4, -0.2) is 31.3 Å². The van der Waals surface area contributed by atoms with Crippen molar-refractivity contribution in [2.45, 2.75) is 13.0 Å². The van der Waals surface area contributed by atoms with E-state index < -0.39 is 5.92 Å². The van der Waals surface area contributed by atoms with Gasteiger partial charge >= 0.3 is 0 Å². The van der Waals surface area contributed by atoms with Crippen LogP contribution in [0.25, 0.3) is 0 Å². The van der Waals surface area contributed by atoms with Crippen LogP contribution >= 0.6 is 11.6 Å². The van der Waals surface area contributed by atoms with Crippen LogP contribution in [0.1, 0.15) is 22.3 Å². The fourth-order valence-electron chi connectivity index (χ4n) is 3.04. The number of hydrogen-bond donors (Lipinski definition) is 2. The summed E-state index contributed by atoms with van der Waals surface area (Å²) in [6.07, 6.45) is 0.159. The fourth-order valence-corrected chi connectivity index (χ4v) is 3.28. The zero-order valence-electron chi connectivity index (χ0n) is 14.9. The normalized spacial score (nSPS) is 16.3. The Morgan fingerprint density at radius 3 is 2.52 bits per heavy atom. The molecule has 27 heavy (non-hydrogen) atoms. The molecule has 1 fully saturated rings. The van der Waals surface area contributed by atoms with Crippen LogP contribution in [-0.2, 0) is 16.1 Å². The highest BCUT2D eigenvalue weighted by molar-refractivity contribution is 6.33. The second-order valence-electron chi connectivity index (χ2n) is 6.35. The van der Waals surface area contributed by atoms with E-state index in [1.807, 2.05) is 6.07 Å². The Kier molecular flexibility index (Phi) is 5.76. The molecule has 2 aromatic rings. The van der Waals surface area contributed by atoms with Gasteiger partial charge < -0.3 is 15.5 Å². The number of nitrogens with one attached hydrogen (secondary N) is 2. The van der Waals surface area contributed by atoms with E-state index in [1.165, 1.54) is 0 Å². The Morgan fingerprint density at radius 2 is 1.85 bits per heavy atom. The van der Waals surface area contributed by atoms with Crippen molar-refractivity contribution in [1.29, 1.82) is 0 Å². The molecule has 0 aliphatic carbocycles. The van der Waals surface area contributed by atoms with E-state index in [2.05, 4.69) is 10.6 Å². The SMILES string of the molecule is CNC(=O)c1ccc(CNC(=O)C2CC(=O)N(c3ccccc3Cl)C2)cc1. The Hall–Kier alpha value is -2.86. The predicted molar refractivity (Wildman–Crippen MR) is 104 cm³/mol. The zero-order valence-corrected chi connectivity index (χ0v) is 15.6. The van der Waals surface area contributed by atoms with Gasteiger partial charge in [-0.05, 0) is 29.8 Å². The van der Waals surface area contributed by atoms with Gasteiger partial charge in [0.05, 0.1) is 16.6 Å². The molecular weight excluding hydrogens is 366 g/mol. The molecule has 1 aliphatic rings. The maximum Gasteiger partial charge on any atom is 0.251 e. The quantitative estimate of drug-likeness (QED) is 0.829. The number of nitrogens with zero attached hydrogens (tertiary/aromatic N) is 1. The number of carbonyl (C=O) groups excluding carboxylic acids is 3. The monoisotopic (exact) mass is 385 g/mol. The summed E-state index contributed by atoms with van der Waals surface area (Å²) in [6.45, 7) is 0.646. The highest BCUT2D eigenvalue weighted by atomic mass is 35.5. The van der Waals surface area contributed by atoms with Crippen molar-refractivity contribution in [3.05, 3.63) is 64.7 Å².